The first kappa shape index (κ1) is 20.4. The molecule has 1 aromatic heterocycles. The molecule has 6 nitrogen and oxygen atoms in total. The minimum Gasteiger partial charge on any atom is -0.465 e. The number of fused-ring (bicyclic) bond motifs is 1. The van der Waals surface area contributed by atoms with Crippen molar-refractivity contribution < 1.29 is 14.3 Å². The third kappa shape index (κ3) is 4.40. The number of halogens is 1. The molecule has 1 heterocycles. The Morgan fingerprint density at radius 2 is 1.82 bits per heavy atom. The highest BCUT2D eigenvalue weighted by molar-refractivity contribution is 9.10. The van der Waals surface area contributed by atoms with Crippen molar-refractivity contribution in [3.8, 4) is 0 Å². The number of hydrogen-bond acceptors (Lipinski definition) is 6. The Morgan fingerprint density at radius 3 is 2.50 bits per heavy atom. The average Bonchev–Trinajstić information content (AvgIpc) is 3.09. The van der Waals surface area contributed by atoms with Crippen LogP contribution in [0.1, 0.15) is 20.7 Å². The van der Waals surface area contributed by atoms with Crippen LogP contribution in [0.5, 0.6) is 0 Å². The minimum absolute atomic E-state index is 0.244. The summed E-state index contributed by atoms with van der Waals surface area (Å²) < 4.78 is 6.77. The van der Waals surface area contributed by atoms with E-state index in [9.17, 15) is 9.59 Å². The Labute approximate surface area is 175 Å². The van der Waals surface area contributed by atoms with Crippen molar-refractivity contribution in [1.82, 2.24) is 9.88 Å². The predicted octanol–water partition coefficient (Wildman–Crippen LogP) is 4.05. The molecule has 0 atom stereocenters. The second-order valence-corrected chi connectivity index (χ2v) is 8.33. The van der Waals surface area contributed by atoms with Crippen molar-refractivity contribution in [3.63, 3.8) is 0 Å². The molecular formula is C20H20BrN3O3S. The van der Waals surface area contributed by atoms with Gasteiger partial charge in [0.15, 0.2) is 5.13 Å². The number of thiazole rings is 1. The Morgan fingerprint density at radius 1 is 1.11 bits per heavy atom. The lowest BCUT2D eigenvalue weighted by Gasteiger charge is -2.22. The van der Waals surface area contributed by atoms with Gasteiger partial charge in [0, 0.05) is 17.6 Å². The van der Waals surface area contributed by atoms with Crippen molar-refractivity contribution in [2.75, 3.05) is 39.2 Å². The lowest BCUT2D eigenvalue weighted by Crippen LogP contribution is -2.37. The van der Waals surface area contributed by atoms with Crippen molar-refractivity contribution in [2.24, 2.45) is 0 Å². The molecule has 0 spiro atoms. The molecular weight excluding hydrogens is 442 g/mol. The van der Waals surface area contributed by atoms with Gasteiger partial charge in [-0.15, -0.1) is 0 Å². The molecule has 0 N–H and O–H groups in total. The van der Waals surface area contributed by atoms with Gasteiger partial charge in [-0.3, -0.25) is 9.69 Å². The fourth-order valence-corrected chi connectivity index (χ4v) is 4.23. The van der Waals surface area contributed by atoms with Crippen molar-refractivity contribution in [2.45, 2.75) is 0 Å². The van der Waals surface area contributed by atoms with E-state index in [1.165, 1.54) is 18.4 Å². The summed E-state index contributed by atoms with van der Waals surface area (Å²) in [5.74, 6) is -0.814. The highest BCUT2D eigenvalue weighted by atomic mass is 79.9. The van der Waals surface area contributed by atoms with Gasteiger partial charge in [-0.1, -0.05) is 39.4 Å². The number of amides is 1. The standard InChI is InChI=1S/C20H20BrN3O3S/c1-23(2)10-11-24(20-22-16-9-8-13(21)12-17(16)28-20)18(25)14-6-4-5-7-15(14)19(26)27-3/h4-9,12H,10-11H2,1-3H3. The van der Waals surface area contributed by atoms with Crippen LogP contribution in [0.4, 0.5) is 5.13 Å². The van der Waals surface area contributed by atoms with Gasteiger partial charge in [-0.25, -0.2) is 9.78 Å². The largest absolute Gasteiger partial charge is 0.465 e. The van der Waals surface area contributed by atoms with E-state index in [0.717, 1.165) is 14.7 Å². The molecule has 0 saturated heterocycles. The van der Waals surface area contributed by atoms with Gasteiger partial charge in [0.1, 0.15) is 0 Å². The number of aromatic nitrogens is 1. The summed E-state index contributed by atoms with van der Waals surface area (Å²) in [5, 5.41) is 0.597. The predicted molar refractivity (Wildman–Crippen MR) is 115 cm³/mol. The van der Waals surface area contributed by atoms with Crippen LogP contribution >= 0.6 is 27.3 Å². The quantitative estimate of drug-likeness (QED) is 0.518. The average molecular weight is 462 g/mol. The fraction of sp³-hybridized carbons (Fsp3) is 0.250. The number of nitrogens with zero attached hydrogens (tertiary/aromatic N) is 3. The third-order valence-corrected chi connectivity index (χ3v) is 5.68. The number of hydrogen-bond donors (Lipinski definition) is 0. The number of carbonyl (C=O) groups excluding carboxylic acids is 2. The normalized spacial score (nSPS) is 11.0. The zero-order valence-electron chi connectivity index (χ0n) is 15.8. The first-order valence-electron chi connectivity index (χ1n) is 8.60. The number of methoxy groups -OCH3 is 1. The lowest BCUT2D eigenvalue weighted by molar-refractivity contribution is 0.0597. The Kier molecular flexibility index (Phi) is 6.43. The van der Waals surface area contributed by atoms with Gasteiger partial charge in [0.05, 0.1) is 28.5 Å². The molecule has 2 aromatic carbocycles. The zero-order chi connectivity index (χ0) is 20.3. The topological polar surface area (TPSA) is 62.7 Å². The summed E-state index contributed by atoms with van der Waals surface area (Å²) in [6.45, 7) is 1.11. The number of rotatable bonds is 6. The van der Waals surface area contributed by atoms with Gasteiger partial charge in [0.2, 0.25) is 0 Å². The maximum absolute atomic E-state index is 13.4. The molecule has 3 rings (SSSR count). The maximum atomic E-state index is 13.4. The second kappa shape index (κ2) is 8.81. The van der Waals surface area contributed by atoms with E-state index in [4.69, 9.17) is 4.74 Å². The van der Waals surface area contributed by atoms with Gasteiger partial charge >= 0.3 is 5.97 Å². The fourth-order valence-electron chi connectivity index (χ4n) is 2.69. The van der Waals surface area contributed by atoms with Crippen LogP contribution in [-0.2, 0) is 4.74 Å². The molecule has 0 aliphatic rings. The summed E-state index contributed by atoms with van der Waals surface area (Å²) in [6.07, 6.45) is 0. The highest BCUT2D eigenvalue weighted by Gasteiger charge is 2.25. The van der Waals surface area contributed by atoms with Crippen LogP contribution in [0.3, 0.4) is 0 Å². The Balaban J connectivity index is 2.04. The zero-order valence-corrected chi connectivity index (χ0v) is 18.2. The smallest absolute Gasteiger partial charge is 0.338 e. The van der Waals surface area contributed by atoms with Crippen LogP contribution in [0, 0.1) is 0 Å². The molecule has 0 bridgehead atoms. The molecule has 3 aromatic rings. The SMILES string of the molecule is COC(=O)c1ccccc1C(=O)N(CCN(C)C)c1nc2ccc(Br)cc2s1. The molecule has 8 heteroatoms. The van der Waals surface area contributed by atoms with Crippen molar-refractivity contribution in [3.05, 3.63) is 58.1 Å². The Hall–Kier alpha value is -2.29. The van der Waals surface area contributed by atoms with Gasteiger partial charge in [0.25, 0.3) is 5.91 Å². The number of likely N-dealkylation sites (N-methyl/N-ethyl adjacent to an activating group) is 1. The van der Waals surface area contributed by atoms with E-state index in [2.05, 4.69) is 20.9 Å². The molecule has 1 amide bonds. The molecule has 0 unspecified atom stereocenters. The molecule has 146 valence electrons. The molecule has 0 fully saturated rings. The maximum Gasteiger partial charge on any atom is 0.338 e. The monoisotopic (exact) mass is 461 g/mol. The summed E-state index contributed by atoms with van der Waals surface area (Å²) in [6, 6.07) is 12.5. The van der Waals surface area contributed by atoms with Gasteiger partial charge < -0.3 is 9.64 Å². The summed E-state index contributed by atoms with van der Waals surface area (Å²) in [5.41, 5.74) is 1.37. The summed E-state index contributed by atoms with van der Waals surface area (Å²) in [7, 11) is 5.19. The number of esters is 1. The van der Waals surface area contributed by atoms with Crippen LogP contribution < -0.4 is 4.90 Å². The van der Waals surface area contributed by atoms with Crippen LogP contribution in [0.15, 0.2) is 46.9 Å². The second-order valence-electron chi connectivity index (χ2n) is 6.41. The highest BCUT2D eigenvalue weighted by Crippen LogP contribution is 2.32. The number of anilines is 1. The molecule has 28 heavy (non-hydrogen) atoms. The number of ether oxygens (including phenoxy) is 1. The molecule has 0 aliphatic carbocycles. The summed E-state index contributed by atoms with van der Waals surface area (Å²) >= 11 is 4.91. The molecule has 0 saturated carbocycles. The third-order valence-electron chi connectivity index (χ3n) is 4.15. The summed E-state index contributed by atoms with van der Waals surface area (Å²) in [4.78, 5) is 33.8. The number of carbonyl (C=O) groups is 2. The molecule has 0 aliphatic heterocycles. The van der Waals surface area contributed by atoms with E-state index in [0.29, 0.717) is 23.8 Å². The lowest BCUT2D eigenvalue weighted by atomic mass is 10.1. The van der Waals surface area contributed by atoms with E-state index in [1.807, 2.05) is 37.2 Å². The van der Waals surface area contributed by atoms with E-state index in [-0.39, 0.29) is 11.5 Å². The Bertz CT molecular complexity index is 1020. The van der Waals surface area contributed by atoms with Crippen LogP contribution in [-0.4, -0.2) is 56.1 Å². The minimum atomic E-state index is -0.537. The first-order chi connectivity index (χ1) is 13.4. The first-order valence-corrected chi connectivity index (χ1v) is 10.2. The van der Waals surface area contributed by atoms with Crippen LogP contribution in [0.2, 0.25) is 0 Å². The van der Waals surface area contributed by atoms with Gasteiger partial charge in [-0.05, 0) is 44.4 Å². The van der Waals surface area contributed by atoms with E-state index < -0.39 is 5.97 Å². The van der Waals surface area contributed by atoms with Crippen molar-refractivity contribution in [1.29, 1.82) is 0 Å². The van der Waals surface area contributed by atoms with Crippen molar-refractivity contribution >= 4 is 54.5 Å². The van der Waals surface area contributed by atoms with E-state index in [1.54, 1.807) is 29.2 Å². The van der Waals surface area contributed by atoms with E-state index >= 15 is 0 Å². The molecule has 0 radical (unpaired) electrons. The van der Waals surface area contributed by atoms with Crippen LogP contribution in [0.25, 0.3) is 10.2 Å². The van der Waals surface area contributed by atoms with Gasteiger partial charge in [-0.2, -0.15) is 0 Å². The number of benzene rings is 2.